The van der Waals surface area contributed by atoms with Gasteiger partial charge in [-0.2, -0.15) is 0 Å². The van der Waals surface area contributed by atoms with Crippen molar-refractivity contribution in [2.45, 2.75) is 39.2 Å². The third-order valence-electron chi connectivity index (χ3n) is 3.65. The van der Waals surface area contributed by atoms with Gasteiger partial charge in [-0.1, -0.05) is 6.42 Å². The van der Waals surface area contributed by atoms with Crippen molar-refractivity contribution in [2.24, 2.45) is 17.6 Å². The molecule has 1 aliphatic carbocycles. The van der Waals surface area contributed by atoms with E-state index in [4.69, 9.17) is 15.2 Å². The second kappa shape index (κ2) is 6.75. The Labute approximate surface area is 115 Å². The summed E-state index contributed by atoms with van der Waals surface area (Å²) in [7, 11) is 0. The summed E-state index contributed by atoms with van der Waals surface area (Å²) >= 11 is 0. The summed E-state index contributed by atoms with van der Waals surface area (Å²) in [5.41, 5.74) is 5.79. The van der Waals surface area contributed by atoms with Crippen LogP contribution in [0.2, 0.25) is 0 Å². The molecule has 2 atom stereocenters. The highest BCUT2D eigenvalue weighted by molar-refractivity contribution is 5.32. The van der Waals surface area contributed by atoms with Crippen molar-refractivity contribution in [3.63, 3.8) is 0 Å². The zero-order valence-corrected chi connectivity index (χ0v) is 11.8. The van der Waals surface area contributed by atoms with Gasteiger partial charge in [-0.3, -0.25) is 0 Å². The molecular formula is C15H24N2O2. The highest BCUT2D eigenvalue weighted by atomic mass is 16.5. The summed E-state index contributed by atoms with van der Waals surface area (Å²) in [5, 5.41) is 0. The minimum Gasteiger partial charge on any atom is -0.485 e. The molecule has 2 N–H and O–H groups in total. The number of nitrogens with two attached hydrogens (primary N) is 1. The van der Waals surface area contributed by atoms with Crippen molar-refractivity contribution in [1.82, 2.24) is 4.98 Å². The molecule has 0 aromatic carbocycles. The number of ether oxygens (including phenoxy) is 2. The molecule has 0 amide bonds. The van der Waals surface area contributed by atoms with Gasteiger partial charge in [0, 0.05) is 6.20 Å². The molecular weight excluding hydrogens is 240 g/mol. The number of hydrogen-bond acceptors (Lipinski definition) is 4. The van der Waals surface area contributed by atoms with E-state index in [9.17, 15) is 0 Å². The minimum atomic E-state index is 0.120. The van der Waals surface area contributed by atoms with Gasteiger partial charge < -0.3 is 15.2 Å². The van der Waals surface area contributed by atoms with Gasteiger partial charge in [-0.15, -0.1) is 0 Å². The van der Waals surface area contributed by atoms with Crippen molar-refractivity contribution in [3.05, 3.63) is 18.3 Å². The number of pyridine rings is 1. The Kier molecular flexibility index (Phi) is 5.02. The van der Waals surface area contributed by atoms with E-state index in [-0.39, 0.29) is 6.10 Å². The average molecular weight is 264 g/mol. The first-order valence-electron chi connectivity index (χ1n) is 7.15. The molecule has 1 fully saturated rings. The van der Waals surface area contributed by atoms with Crippen molar-refractivity contribution < 1.29 is 9.47 Å². The summed E-state index contributed by atoms with van der Waals surface area (Å²) in [6.45, 7) is 5.44. The first-order chi connectivity index (χ1) is 9.20. The molecule has 19 heavy (non-hydrogen) atoms. The van der Waals surface area contributed by atoms with Crippen LogP contribution >= 0.6 is 0 Å². The number of rotatable bonds is 6. The van der Waals surface area contributed by atoms with Gasteiger partial charge in [-0.05, 0) is 57.2 Å². The maximum absolute atomic E-state index is 5.86. The van der Waals surface area contributed by atoms with E-state index in [0.29, 0.717) is 24.3 Å². The van der Waals surface area contributed by atoms with Gasteiger partial charge in [0.15, 0.2) is 5.75 Å². The Bertz CT molecular complexity index is 395. The fourth-order valence-electron chi connectivity index (χ4n) is 2.66. The third kappa shape index (κ3) is 3.83. The molecule has 0 saturated heterocycles. The van der Waals surface area contributed by atoms with E-state index < -0.39 is 0 Å². The quantitative estimate of drug-likeness (QED) is 0.858. The topological polar surface area (TPSA) is 57.4 Å². The van der Waals surface area contributed by atoms with E-state index in [0.717, 1.165) is 12.3 Å². The highest BCUT2D eigenvalue weighted by Gasteiger charge is 2.27. The Morgan fingerprint density at radius 2 is 2.16 bits per heavy atom. The van der Waals surface area contributed by atoms with Crippen molar-refractivity contribution in [2.75, 3.05) is 13.2 Å². The van der Waals surface area contributed by atoms with Crippen LogP contribution in [0.25, 0.3) is 0 Å². The van der Waals surface area contributed by atoms with E-state index in [1.54, 1.807) is 6.20 Å². The Morgan fingerprint density at radius 1 is 1.37 bits per heavy atom. The second-order valence-electron chi connectivity index (χ2n) is 5.47. The second-order valence-corrected chi connectivity index (χ2v) is 5.47. The molecule has 106 valence electrons. The largest absolute Gasteiger partial charge is 0.485 e. The molecule has 1 aromatic heterocycles. The summed E-state index contributed by atoms with van der Waals surface area (Å²) in [4.78, 5) is 4.27. The van der Waals surface area contributed by atoms with Gasteiger partial charge in [0.2, 0.25) is 0 Å². The zero-order chi connectivity index (χ0) is 13.7. The zero-order valence-electron chi connectivity index (χ0n) is 11.8. The van der Waals surface area contributed by atoms with E-state index in [1.807, 2.05) is 26.0 Å². The molecule has 0 aliphatic heterocycles. The summed E-state index contributed by atoms with van der Waals surface area (Å²) in [5.74, 6) is 2.47. The number of nitrogens with zero attached hydrogens (tertiary/aromatic N) is 1. The smallest absolute Gasteiger partial charge is 0.257 e. The van der Waals surface area contributed by atoms with Crippen LogP contribution in [0.1, 0.15) is 33.1 Å². The maximum atomic E-state index is 5.86. The molecule has 1 aliphatic rings. The minimum absolute atomic E-state index is 0.120. The molecule has 2 rings (SSSR count). The predicted octanol–water partition coefficient (Wildman–Crippen LogP) is 2.62. The van der Waals surface area contributed by atoms with E-state index in [2.05, 4.69) is 4.98 Å². The van der Waals surface area contributed by atoms with Crippen LogP contribution < -0.4 is 15.2 Å². The van der Waals surface area contributed by atoms with Crippen molar-refractivity contribution in [1.29, 1.82) is 0 Å². The first kappa shape index (κ1) is 14.1. The lowest BCUT2D eigenvalue weighted by atomic mass is 9.97. The number of aromatic nitrogens is 1. The van der Waals surface area contributed by atoms with Gasteiger partial charge in [0.25, 0.3) is 5.88 Å². The third-order valence-corrected chi connectivity index (χ3v) is 3.65. The lowest BCUT2D eigenvalue weighted by Gasteiger charge is -2.19. The monoisotopic (exact) mass is 264 g/mol. The van der Waals surface area contributed by atoms with Gasteiger partial charge in [0.1, 0.15) is 0 Å². The normalized spacial score (nSPS) is 22.7. The molecule has 1 heterocycles. The molecule has 1 aromatic rings. The molecule has 4 heteroatoms. The standard InChI is InChI=1S/C15H24N2O2/c1-11(2)19-14-7-4-8-17-15(14)18-10-13-6-3-5-12(13)9-16/h4,7-8,11-13H,3,5-6,9-10,16H2,1-2H3. The van der Waals surface area contributed by atoms with E-state index in [1.165, 1.54) is 19.3 Å². The molecule has 4 nitrogen and oxygen atoms in total. The Morgan fingerprint density at radius 3 is 2.89 bits per heavy atom. The Hall–Kier alpha value is -1.29. The van der Waals surface area contributed by atoms with Crippen LogP contribution in [0.15, 0.2) is 18.3 Å². The number of hydrogen-bond donors (Lipinski definition) is 1. The maximum Gasteiger partial charge on any atom is 0.257 e. The van der Waals surface area contributed by atoms with Crippen LogP contribution in [0, 0.1) is 11.8 Å². The molecule has 2 unspecified atom stereocenters. The Balaban J connectivity index is 1.95. The van der Waals surface area contributed by atoms with Gasteiger partial charge in [-0.25, -0.2) is 4.98 Å². The highest BCUT2D eigenvalue weighted by Crippen LogP contribution is 2.32. The van der Waals surface area contributed by atoms with Crippen molar-refractivity contribution in [3.8, 4) is 11.6 Å². The van der Waals surface area contributed by atoms with Gasteiger partial charge in [0.05, 0.1) is 12.7 Å². The summed E-state index contributed by atoms with van der Waals surface area (Å²) in [6.07, 6.45) is 5.54. The van der Waals surface area contributed by atoms with Crippen LogP contribution in [0.5, 0.6) is 11.6 Å². The van der Waals surface area contributed by atoms with Crippen LogP contribution in [-0.2, 0) is 0 Å². The van der Waals surface area contributed by atoms with Crippen LogP contribution in [0.3, 0.4) is 0 Å². The van der Waals surface area contributed by atoms with Crippen molar-refractivity contribution >= 4 is 0 Å². The molecule has 0 spiro atoms. The first-order valence-corrected chi connectivity index (χ1v) is 7.15. The molecule has 0 radical (unpaired) electrons. The molecule has 0 bridgehead atoms. The fourth-order valence-corrected chi connectivity index (χ4v) is 2.66. The lowest BCUT2D eigenvalue weighted by Crippen LogP contribution is -2.23. The van der Waals surface area contributed by atoms with Crippen LogP contribution in [-0.4, -0.2) is 24.2 Å². The lowest BCUT2D eigenvalue weighted by molar-refractivity contribution is 0.184. The van der Waals surface area contributed by atoms with Crippen LogP contribution in [0.4, 0.5) is 0 Å². The molecule has 1 saturated carbocycles. The SMILES string of the molecule is CC(C)Oc1cccnc1OCC1CCCC1CN. The van der Waals surface area contributed by atoms with E-state index >= 15 is 0 Å². The fraction of sp³-hybridized carbons (Fsp3) is 0.667. The summed E-state index contributed by atoms with van der Waals surface area (Å²) < 4.78 is 11.6. The predicted molar refractivity (Wildman–Crippen MR) is 75.4 cm³/mol. The average Bonchev–Trinajstić information content (AvgIpc) is 2.84. The summed E-state index contributed by atoms with van der Waals surface area (Å²) in [6, 6.07) is 3.76. The van der Waals surface area contributed by atoms with Gasteiger partial charge >= 0.3 is 0 Å².